The Morgan fingerprint density at radius 1 is 1.12 bits per heavy atom. The highest BCUT2D eigenvalue weighted by Gasteiger charge is 2.50. The molecule has 0 spiro atoms. The normalized spacial score (nSPS) is 24.1. The molecule has 6 rings (SSSR count). The summed E-state index contributed by atoms with van der Waals surface area (Å²) in [6.07, 6.45) is 3.61. The Hall–Kier alpha value is -3.30. The molecule has 2 aliphatic heterocycles. The molecule has 3 aliphatic rings. The van der Waals surface area contributed by atoms with Crippen LogP contribution in [0.25, 0.3) is 5.69 Å². The Morgan fingerprint density at radius 3 is 2.50 bits per heavy atom. The number of carbonyl (C=O) groups is 1. The van der Waals surface area contributed by atoms with Crippen LogP contribution < -0.4 is 0 Å². The zero-order valence-corrected chi connectivity index (χ0v) is 18.9. The van der Waals surface area contributed by atoms with Gasteiger partial charge in [0, 0.05) is 18.3 Å². The summed E-state index contributed by atoms with van der Waals surface area (Å²) < 4.78 is 38.4. The molecule has 1 aliphatic carbocycles. The topological polar surface area (TPSA) is 76.8 Å². The number of aromatic nitrogens is 5. The van der Waals surface area contributed by atoms with Gasteiger partial charge in [-0.25, -0.2) is 4.98 Å². The van der Waals surface area contributed by atoms with Gasteiger partial charge in [0.05, 0.1) is 35.5 Å². The average molecular weight is 470 g/mol. The minimum absolute atomic E-state index is 0.0342. The van der Waals surface area contributed by atoms with E-state index in [1.54, 1.807) is 12.4 Å². The number of hydrogen-bond acceptors (Lipinski definition) is 5. The summed E-state index contributed by atoms with van der Waals surface area (Å²) in [6, 6.07) is 5.78. The third-order valence-corrected chi connectivity index (χ3v) is 7.19. The van der Waals surface area contributed by atoms with E-state index in [9.17, 15) is 18.0 Å². The van der Waals surface area contributed by atoms with Crippen LogP contribution in [0.3, 0.4) is 0 Å². The Kier molecular flexibility index (Phi) is 5.61. The molecule has 34 heavy (non-hydrogen) atoms. The molecular weight excluding hydrogens is 445 g/mol. The maximum absolute atomic E-state index is 13.9. The fourth-order valence-corrected chi connectivity index (χ4v) is 5.24. The molecule has 7 nitrogen and oxygen atoms in total. The Bertz CT molecular complexity index is 1170. The second-order valence-electron chi connectivity index (χ2n) is 9.29. The summed E-state index contributed by atoms with van der Waals surface area (Å²) in [5.41, 5.74) is 1.63. The van der Waals surface area contributed by atoms with Crippen molar-refractivity contribution in [3.8, 4) is 5.69 Å². The molecule has 1 aromatic carbocycles. The van der Waals surface area contributed by atoms with E-state index in [-0.39, 0.29) is 23.9 Å². The van der Waals surface area contributed by atoms with Crippen molar-refractivity contribution in [3.05, 3.63) is 65.5 Å². The van der Waals surface area contributed by atoms with Crippen LogP contribution in [-0.2, 0) is 12.6 Å². The Balaban J connectivity index is 1.40. The van der Waals surface area contributed by atoms with Crippen molar-refractivity contribution >= 4 is 5.91 Å². The fraction of sp³-hybridized carbons (Fsp3) is 0.458. The number of fused-ring (bicyclic) bond motifs is 2. The van der Waals surface area contributed by atoms with Gasteiger partial charge in [0.2, 0.25) is 0 Å². The van der Waals surface area contributed by atoms with Gasteiger partial charge in [-0.05, 0) is 56.6 Å². The number of carbonyl (C=O) groups excluding carboxylic acids is 1. The minimum Gasteiger partial charge on any atom is -0.332 e. The standard InChI is InChI=1S/C24H25F3N6O/c1-14-3-5-21(33-30-7-8-31-33)19(9-14)23(34)32-18-10-16(11-18)15(2)20(32)6-4-17-12-29-22(13-28-17)24(25,26)27/h3,5,7-9,12-13,15-16,18,20H,4,6,10-11H2,1-2H3/t15-,16?,18?,20?/m1/s1. The van der Waals surface area contributed by atoms with E-state index < -0.39 is 11.9 Å². The van der Waals surface area contributed by atoms with Crippen LogP contribution in [-0.4, -0.2) is 47.9 Å². The van der Waals surface area contributed by atoms with Gasteiger partial charge >= 0.3 is 6.18 Å². The van der Waals surface area contributed by atoms with Crippen molar-refractivity contribution in [2.45, 2.75) is 57.8 Å². The first kappa shape index (κ1) is 22.5. The number of halogens is 3. The van der Waals surface area contributed by atoms with Gasteiger partial charge < -0.3 is 4.90 Å². The van der Waals surface area contributed by atoms with Gasteiger partial charge in [-0.1, -0.05) is 18.6 Å². The number of rotatable bonds is 5. The monoisotopic (exact) mass is 470 g/mol. The fourth-order valence-electron chi connectivity index (χ4n) is 5.24. The maximum atomic E-state index is 13.9. The summed E-state index contributed by atoms with van der Waals surface area (Å²) in [5.74, 6) is 0.782. The van der Waals surface area contributed by atoms with Crippen molar-refractivity contribution in [2.24, 2.45) is 11.8 Å². The lowest BCUT2D eigenvalue weighted by atomic mass is 9.63. The van der Waals surface area contributed by atoms with Crippen molar-refractivity contribution in [1.82, 2.24) is 29.9 Å². The third kappa shape index (κ3) is 4.05. The molecule has 2 aromatic heterocycles. The van der Waals surface area contributed by atoms with Crippen molar-refractivity contribution in [1.29, 1.82) is 0 Å². The molecule has 1 amide bonds. The molecule has 0 N–H and O–H groups in total. The molecular formula is C24H25F3N6O. The van der Waals surface area contributed by atoms with Crippen LogP contribution in [0.5, 0.6) is 0 Å². The van der Waals surface area contributed by atoms with E-state index in [1.165, 1.54) is 11.0 Å². The van der Waals surface area contributed by atoms with Crippen LogP contribution in [0.4, 0.5) is 13.2 Å². The van der Waals surface area contributed by atoms with Crippen LogP contribution in [0.1, 0.15) is 53.5 Å². The summed E-state index contributed by atoms with van der Waals surface area (Å²) in [6.45, 7) is 4.10. The molecule has 2 atom stereocenters. The summed E-state index contributed by atoms with van der Waals surface area (Å²) in [4.78, 5) is 24.9. The van der Waals surface area contributed by atoms with E-state index in [2.05, 4.69) is 27.1 Å². The molecule has 2 saturated heterocycles. The first-order valence-corrected chi connectivity index (χ1v) is 11.4. The van der Waals surface area contributed by atoms with E-state index >= 15 is 0 Å². The van der Waals surface area contributed by atoms with Gasteiger partial charge in [0.25, 0.3) is 5.91 Å². The molecule has 10 heteroatoms. The van der Waals surface area contributed by atoms with Gasteiger partial charge in [0.1, 0.15) is 0 Å². The number of piperidine rings is 2. The number of nitrogens with zero attached hydrogens (tertiary/aromatic N) is 6. The molecule has 3 fully saturated rings. The quantitative estimate of drug-likeness (QED) is 0.557. The van der Waals surface area contributed by atoms with Gasteiger partial charge in [-0.2, -0.15) is 28.2 Å². The number of hydrogen-bond donors (Lipinski definition) is 0. The van der Waals surface area contributed by atoms with Crippen molar-refractivity contribution in [3.63, 3.8) is 0 Å². The van der Waals surface area contributed by atoms with Crippen LogP contribution in [0, 0.1) is 18.8 Å². The van der Waals surface area contributed by atoms with E-state index in [4.69, 9.17) is 0 Å². The third-order valence-electron chi connectivity index (χ3n) is 7.19. The Morgan fingerprint density at radius 2 is 1.85 bits per heavy atom. The molecule has 0 radical (unpaired) electrons. The first-order chi connectivity index (χ1) is 16.2. The predicted octanol–water partition coefficient (Wildman–Crippen LogP) is 4.26. The molecule has 1 unspecified atom stereocenters. The number of aryl methyl sites for hydroxylation is 2. The average Bonchev–Trinajstić information content (AvgIpc) is 3.31. The SMILES string of the molecule is Cc1ccc(-n2nccn2)c(C(=O)N2C3CC(C3)[C@@H](C)C2CCc2cnc(C(F)(F)F)cn2)c1. The zero-order valence-electron chi connectivity index (χ0n) is 18.9. The summed E-state index contributed by atoms with van der Waals surface area (Å²) >= 11 is 0. The molecule has 1 saturated carbocycles. The summed E-state index contributed by atoms with van der Waals surface area (Å²) in [7, 11) is 0. The molecule has 178 valence electrons. The predicted molar refractivity (Wildman–Crippen MR) is 117 cm³/mol. The van der Waals surface area contributed by atoms with E-state index in [1.807, 2.05) is 30.0 Å². The van der Waals surface area contributed by atoms with Gasteiger partial charge in [0.15, 0.2) is 5.69 Å². The number of alkyl halides is 3. The second kappa shape index (κ2) is 8.48. The van der Waals surface area contributed by atoms with E-state index in [0.29, 0.717) is 35.7 Å². The van der Waals surface area contributed by atoms with Crippen molar-refractivity contribution in [2.75, 3.05) is 0 Å². The van der Waals surface area contributed by atoms with Crippen LogP contribution in [0.15, 0.2) is 43.0 Å². The van der Waals surface area contributed by atoms with E-state index in [0.717, 1.165) is 24.6 Å². The lowest BCUT2D eigenvalue weighted by molar-refractivity contribution is -0.141. The number of benzene rings is 1. The van der Waals surface area contributed by atoms with Gasteiger partial charge in [-0.15, -0.1) is 0 Å². The molecule has 2 bridgehead atoms. The largest absolute Gasteiger partial charge is 0.434 e. The Labute approximate surface area is 195 Å². The van der Waals surface area contributed by atoms with Crippen molar-refractivity contribution < 1.29 is 18.0 Å². The van der Waals surface area contributed by atoms with Crippen LogP contribution >= 0.6 is 0 Å². The van der Waals surface area contributed by atoms with Gasteiger partial charge in [-0.3, -0.25) is 9.78 Å². The smallest absolute Gasteiger partial charge is 0.332 e. The maximum Gasteiger partial charge on any atom is 0.434 e. The lowest BCUT2D eigenvalue weighted by Gasteiger charge is -2.57. The first-order valence-electron chi connectivity index (χ1n) is 11.4. The lowest BCUT2D eigenvalue weighted by Crippen LogP contribution is -2.63. The summed E-state index contributed by atoms with van der Waals surface area (Å²) in [5, 5.41) is 8.41. The molecule has 3 aromatic rings. The van der Waals surface area contributed by atoms with Crippen LogP contribution in [0.2, 0.25) is 0 Å². The minimum atomic E-state index is -4.51. The highest BCUT2D eigenvalue weighted by molar-refractivity contribution is 5.98. The highest BCUT2D eigenvalue weighted by Crippen LogP contribution is 2.48. The number of amides is 1. The molecule has 4 heterocycles. The second-order valence-corrected chi connectivity index (χ2v) is 9.29. The zero-order chi connectivity index (χ0) is 24.0. The highest BCUT2D eigenvalue weighted by atomic mass is 19.4.